The molecule has 0 saturated carbocycles. The van der Waals surface area contributed by atoms with Crippen LogP contribution < -0.4 is 0 Å². The van der Waals surface area contributed by atoms with E-state index in [2.05, 4.69) is 28.7 Å². The number of para-hydroxylation sites is 1. The number of hydrogen-bond donors (Lipinski definition) is 1. The predicted molar refractivity (Wildman–Crippen MR) is 71.6 cm³/mol. The number of aromatic amines is 1. The second-order valence-corrected chi connectivity index (χ2v) is 3.88. The van der Waals surface area contributed by atoms with Crippen LogP contribution in [0.4, 0.5) is 0 Å². The third-order valence-corrected chi connectivity index (χ3v) is 2.86. The molecule has 2 heteroatoms. The molecule has 1 N–H and O–H groups in total. The van der Waals surface area contributed by atoms with Crippen LogP contribution in [0.1, 0.15) is 5.69 Å². The zero-order valence-corrected chi connectivity index (χ0v) is 9.35. The maximum absolute atomic E-state index is 4.41. The van der Waals surface area contributed by atoms with Gasteiger partial charge in [0.15, 0.2) is 0 Å². The van der Waals surface area contributed by atoms with Gasteiger partial charge in [0, 0.05) is 28.4 Å². The molecule has 0 aliphatic carbocycles. The van der Waals surface area contributed by atoms with E-state index in [-0.39, 0.29) is 0 Å². The normalized spacial score (nSPS) is 10.6. The number of H-pyrrole nitrogens is 1. The molecule has 0 fully saturated rings. The van der Waals surface area contributed by atoms with Gasteiger partial charge in [-0.05, 0) is 24.3 Å². The molecule has 2 aromatic heterocycles. The smallest absolute Gasteiger partial charge is 0.0729 e. The minimum absolute atomic E-state index is 0.972. The lowest BCUT2D eigenvalue weighted by molar-refractivity contribution is 1.32. The minimum atomic E-state index is 0.972. The summed E-state index contributed by atoms with van der Waals surface area (Å²) in [6, 6.07) is 14.2. The zero-order valence-electron chi connectivity index (χ0n) is 9.35. The third-order valence-electron chi connectivity index (χ3n) is 2.86. The summed E-state index contributed by atoms with van der Waals surface area (Å²) < 4.78 is 0. The van der Waals surface area contributed by atoms with Gasteiger partial charge in [0.2, 0.25) is 0 Å². The average molecular weight is 220 g/mol. The van der Waals surface area contributed by atoms with Crippen LogP contribution in [0.25, 0.3) is 28.2 Å². The van der Waals surface area contributed by atoms with Crippen LogP contribution in [0.15, 0.2) is 55.2 Å². The Balaban J connectivity index is 2.38. The molecule has 0 bridgehead atoms. The van der Waals surface area contributed by atoms with Crippen LogP contribution >= 0.6 is 0 Å². The lowest BCUT2D eigenvalue weighted by atomic mass is 10.1. The molecule has 3 rings (SSSR count). The fraction of sp³-hybridized carbons (Fsp3) is 0. The minimum Gasteiger partial charge on any atom is -0.354 e. The van der Waals surface area contributed by atoms with Crippen LogP contribution in [-0.2, 0) is 0 Å². The fourth-order valence-corrected chi connectivity index (χ4v) is 2.10. The number of rotatable bonds is 2. The van der Waals surface area contributed by atoms with Crippen molar-refractivity contribution in [3.05, 3.63) is 60.9 Å². The first kappa shape index (κ1) is 9.85. The van der Waals surface area contributed by atoms with Crippen molar-refractivity contribution in [3.8, 4) is 11.3 Å². The van der Waals surface area contributed by atoms with E-state index in [1.807, 2.05) is 42.6 Å². The molecule has 1 aromatic carbocycles. The van der Waals surface area contributed by atoms with E-state index in [1.165, 1.54) is 5.39 Å². The molecule has 0 amide bonds. The zero-order chi connectivity index (χ0) is 11.7. The SMILES string of the molecule is C=Cc1[nH]c2ccccc2c1-c1ccccn1. The summed E-state index contributed by atoms with van der Waals surface area (Å²) in [6.07, 6.45) is 3.65. The molecule has 0 radical (unpaired) electrons. The monoisotopic (exact) mass is 220 g/mol. The summed E-state index contributed by atoms with van der Waals surface area (Å²) >= 11 is 0. The van der Waals surface area contributed by atoms with Crippen molar-refractivity contribution in [1.82, 2.24) is 9.97 Å². The summed E-state index contributed by atoms with van der Waals surface area (Å²) in [7, 11) is 0. The van der Waals surface area contributed by atoms with Gasteiger partial charge >= 0.3 is 0 Å². The van der Waals surface area contributed by atoms with E-state index in [0.717, 1.165) is 22.5 Å². The van der Waals surface area contributed by atoms with Crippen molar-refractivity contribution < 1.29 is 0 Å². The van der Waals surface area contributed by atoms with Crippen molar-refractivity contribution in [2.75, 3.05) is 0 Å². The van der Waals surface area contributed by atoms with Gasteiger partial charge in [0.25, 0.3) is 0 Å². The maximum Gasteiger partial charge on any atom is 0.0729 e. The quantitative estimate of drug-likeness (QED) is 0.697. The lowest BCUT2D eigenvalue weighted by Gasteiger charge is -2.00. The van der Waals surface area contributed by atoms with Gasteiger partial charge in [0.05, 0.1) is 5.69 Å². The van der Waals surface area contributed by atoms with E-state index in [1.54, 1.807) is 0 Å². The molecule has 0 aliphatic rings. The highest BCUT2D eigenvalue weighted by atomic mass is 14.7. The highest BCUT2D eigenvalue weighted by molar-refractivity contribution is 5.99. The summed E-state index contributed by atoms with van der Waals surface area (Å²) in [5.74, 6) is 0. The summed E-state index contributed by atoms with van der Waals surface area (Å²) in [6.45, 7) is 3.85. The molecule has 3 aromatic rings. The summed E-state index contributed by atoms with van der Waals surface area (Å²) in [5.41, 5.74) is 4.23. The Kier molecular flexibility index (Phi) is 2.26. The van der Waals surface area contributed by atoms with Gasteiger partial charge < -0.3 is 4.98 Å². The highest BCUT2D eigenvalue weighted by Gasteiger charge is 2.11. The van der Waals surface area contributed by atoms with Gasteiger partial charge in [-0.2, -0.15) is 0 Å². The molecule has 0 unspecified atom stereocenters. The Hall–Kier alpha value is -2.35. The van der Waals surface area contributed by atoms with Crippen molar-refractivity contribution in [2.24, 2.45) is 0 Å². The topological polar surface area (TPSA) is 28.7 Å². The van der Waals surface area contributed by atoms with Gasteiger partial charge in [-0.1, -0.05) is 30.8 Å². The molecule has 0 saturated heterocycles. The predicted octanol–water partition coefficient (Wildman–Crippen LogP) is 3.87. The van der Waals surface area contributed by atoms with Gasteiger partial charge in [-0.15, -0.1) is 0 Å². The molecule has 2 heterocycles. The Morgan fingerprint density at radius 2 is 1.88 bits per heavy atom. The van der Waals surface area contributed by atoms with E-state index in [9.17, 15) is 0 Å². The first-order valence-electron chi connectivity index (χ1n) is 5.54. The largest absolute Gasteiger partial charge is 0.354 e. The first-order valence-corrected chi connectivity index (χ1v) is 5.54. The number of nitrogens with one attached hydrogen (secondary N) is 1. The van der Waals surface area contributed by atoms with Crippen LogP contribution in [0.5, 0.6) is 0 Å². The van der Waals surface area contributed by atoms with E-state index in [0.29, 0.717) is 0 Å². The number of pyridine rings is 1. The second kappa shape index (κ2) is 3.91. The Morgan fingerprint density at radius 1 is 1.06 bits per heavy atom. The van der Waals surface area contributed by atoms with Crippen LogP contribution in [0, 0.1) is 0 Å². The molecule has 17 heavy (non-hydrogen) atoms. The van der Waals surface area contributed by atoms with Gasteiger partial charge in [-0.3, -0.25) is 4.98 Å². The van der Waals surface area contributed by atoms with Gasteiger partial charge in [-0.25, -0.2) is 0 Å². The summed E-state index contributed by atoms with van der Waals surface area (Å²) in [5, 5.41) is 1.18. The molecule has 2 nitrogen and oxygen atoms in total. The van der Waals surface area contributed by atoms with Crippen molar-refractivity contribution in [3.63, 3.8) is 0 Å². The maximum atomic E-state index is 4.41. The molecule has 0 aliphatic heterocycles. The van der Waals surface area contributed by atoms with Crippen molar-refractivity contribution >= 4 is 17.0 Å². The number of hydrogen-bond acceptors (Lipinski definition) is 1. The van der Waals surface area contributed by atoms with Crippen LogP contribution in [0.3, 0.4) is 0 Å². The van der Waals surface area contributed by atoms with Crippen LogP contribution in [-0.4, -0.2) is 9.97 Å². The fourth-order valence-electron chi connectivity index (χ4n) is 2.10. The number of benzene rings is 1. The Labute approximate surface area is 99.6 Å². The average Bonchev–Trinajstić information content (AvgIpc) is 2.78. The van der Waals surface area contributed by atoms with Gasteiger partial charge in [0.1, 0.15) is 0 Å². The summed E-state index contributed by atoms with van der Waals surface area (Å²) in [4.78, 5) is 7.77. The molecular weight excluding hydrogens is 208 g/mol. The van der Waals surface area contributed by atoms with E-state index < -0.39 is 0 Å². The number of aromatic nitrogens is 2. The van der Waals surface area contributed by atoms with Crippen molar-refractivity contribution in [1.29, 1.82) is 0 Å². The van der Waals surface area contributed by atoms with E-state index >= 15 is 0 Å². The number of fused-ring (bicyclic) bond motifs is 1. The number of nitrogens with zero attached hydrogens (tertiary/aromatic N) is 1. The molecule has 0 atom stereocenters. The first-order chi connectivity index (χ1) is 8.40. The van der Waals surface area contributed by atoms with Crippen molar-refractivity contribution in [2.45, 2.75) is 0 Å². The third kappa shape index (κ3) is 1.54. The highest BCUT2D eigenvalue weighted by Crippen LogP contribution is 2.31. The Morgan fingerprint density at radius 3 is 2.65 bits per heavy atom. The molecule has 0 spiro atoms. The molecule has 82 valence electrons. The standard InChI is InChI=1S/C15H12N2/c1-2-12-15(14-9-5-6-10-16-14)11-7-3-4-8-13(11)17-12/h2-10,17H,1H2. The lowest BCUT2D eigenvalue weighted by Crippen LogP contribution is -1.83. The van der Waals surface area contributed by atoms with Crippen LogP contribution in [0.2, 0.25) is 0 Å². The second-order valence-electron chi connectivity index (χ2n) is 3.88. The molecular formula is C15H12N2. The Bertz CT molecular complexity index is 666. The van der Waals surface area contributed by atoms with E-state index in [4.69, 9.17) is 0 Å².